The van der Waals surface area contributed by atoms with Gasteiger partial charge in [0.1, 0.15) is 5.82 Å². The summed E-state index contributed by atoms with van der Waals surface area (Å²) in [6.07, 6.45) is 3.69. The normalized spacial score (nSPS) is 10.7. The average molecular weight is 346 g/mol. The molecule has 0 saturated heterocycles. The number of hydrogen-bond acceptors (Lipinski definition) is 5. The van der Waals surface area contributed by atoms with Gasteiger partial charge in [0.25, 0.3) is 0 Å². The number of aromatic nitrogens is 3. The van der Waals surface area contributed by atoms with Crippen molar-refractivity contribution in [2.24, 2.45) is 0 Å². The molecule has 0 unspecified atom stereocenters. The Labute approximate surface area is 151 Å². The molecule has 0 saturated carbocycles. The maximum absolute atomic E-state index is 5.40. The Bertz CT molecular complexity index is 1040. The van der Waals surface area contributed by atoms with Crippen LogP contribution in [0.3, 0.4) is 0 Å². The Hall–Kier alpha value is -3.54. The second-order valence-electron chi connectivity index (χ2n) is 5.70. The van der Waals surface area contributed by atoms with Crippen LogP contribution in [0.15, 0.2) is 67.0 Å². The summed E-state index contributed by atoms with van der Waals surface area (Å²) >= 11 is 0. The van der Waals surface area contributed by atoms with Gasteiger partial charge in [0.05, 0.1) is 20.4 Å². The maximum atomic E-state index is 5.40. The van der Waals surface area contributed by atoms with Crippen LogP contribution < -0.4 is 14.8 Å². The van der Waals surface area contributed by atoms with Gasteiger partial charge in [-0.2, -0.15) is 5.10 Å². The number of nitrogens with one attached hydrogen (secondary N) is 1. The van der Waals surface area contributed by atoms with E-state index in [-0.39, 0.29) is 0 Å². The van der Waals surface area contributed by atoms with Gasteiger partial charge < -0.3 is 14.8 Å². The van der Waals surface area contributed by atoms with E-state index in [0.717, 1.165) is 28.3 Å². The van der Waals surface area contributed by atoms with Gasteiger partial charge in [-0.05, 0) is 35.9 Å². The van der Waals surface area contributed by atoms with Crippen molar-refractivity contribution in [2.45, 2.75) is 0 Å². The summed E-state index contributed by atoms with van der Waals surface area (Å²) in [7, 11) is 3.24. The highest BCUT2D eigenvalue weighted by molar-refractivity contribution is 5.79. The number of fused-ring (bicyclic) bond motifs is 1. The van der Waals surface area contributed by atoms with Crippen molar-refractivity contribution >= 4 is 17.2 Å². The van der Waals surface area contributed by atoms with Crippen LogP contribution >= 0.6 is 0 Å². The molecule has 0 aliphatic rings. The monoisotopic (exact) mass is 346 g/mol. The number of ether oxygens (including phenoxy) is 2. The summed E-state index contributed by atoms with van der Waals surface area (Å²) in [6.45, 7) is 0. The lowest BCUT2D eigenvalue weighted by Crippen LogP contribution is -1.97. The predicted molar refractivity (Wildman–Crippen MR) is 101 cm³/mol. The summed E-state index contributed by atoms with van der Waals surface area (Å²) in [6, 6.07) is 17.6. The van der Waals surface area contributed by atoms with Crippen molar-refractivity contribution < 1.29 is 9.47 Å². The molecule has 6 heteroatoms. The molecule has 2 aromatic carbocycles. The quantitative estimate of drug-likeness (QED) is 0.588. The highest BCUT2D eigenvalue weighted by Crippen LogP contribution is 2.33. The average Bonchev–Trinajstić information content (AvgIpc) is 3.11. The molecular formula is C20H18N4O2. The fourth-order valence-corrected chi connectivity index (χ4v) is 2.82. The minimum Gasteiger partial charge on any atom is -0.493 e. The van der Waals surface area contributed by atoms with E-state index in [2.05, 4.69) is 10.4 Å². The predicted octanol–water partition coefficient (Wildman–Crippen LogP) is 4.16. The molecular weight excluding hydrogens is 328 g/mol. The number of para-hydroxylation sites is 1. The van der Waals surface area contributed by atoms with E-state index < -0.39 is 0 Å². The smallest absolute Gasteiger partial charge is 0.165 e. The van der Waals surface area contributed by atoms with Crippen molar-refractivity contribution in [3.63, 3.8) is 0 Å². The van der Waals surface area contributed by atoms with Gasteiger partial charge in [-0.3, -0.25) is 0 Å². The van der Waals surface area contributed by atoms with Gasteiger partial charge in [0.2, 0.25) is 0 Å². The Morgan fingerprint density at radius 2 is 1.73 bits per heavy atom. The highest BCUT2D eigenvalue weighted by atomic mass is 16.5. The molecule has 0 spiro atoms. The third-order valence-electron chi connectivity index (χ3n) is 4.11. The molecule has 6 nitrogen and oxygen atoms in total. The van der Waals surface area contributed by atoms with Crippen LogP contribution in [0.4, 0.5) is 11.5 Å². The first-order valence-corrected chi connectivity index (χ1v) is 8.17. The maximum Gasteiger partial charge on any atom is 0.165 e. The van der Waals surface area contributed by atoms with Gasteiger partial charge >= 0.3 is 0 Å². The molecule has 0 bridgehead atoms. The number of anilines is 2. The third-order valence-corrected chi connectivity index (χ3v) is 4.11. The van der Waals surface area contributed by atoms with Crippen LogP contribution in [-0.2, 0) is 0 Å². The fraction of sp³-hybridized carbons (Fsp3) is 0.100. The molecule has 0 amide bonds. The van der Waals surface area contributed by atoms with E-state index in [9.17, 15) is 0 Å². The van der Waals surface area contributed by atoms with E-state index in [1.807, 2.05) is 60.8 Å². The van der Waals surface area contributed by atoms with E-state index in [1.165, 1.54) is 0 Å². The van der Waals surface area contributed by atoms with E-state index in [1.54, 1.807) is 24.9 Å². The third kappa shape index (κ3) is 2.93. The van der Waals surface area contributed by atoms with E-state index in [4.69, 9.17) is 14.5 Å². The number of rotatable bonds is 5. The van der Waals surface area contributed by atoms with Crippen LogP contribution in [0.5, 0.6) is 11.5 Å². The first-order chi connectivity index (χ1) is 12.8. The fourth-order valence-electron chi connectivity index (χ4n) is 2.82. The van der Waals surface area contributed by atoms with Gasteiger partial charge in [0.15, 0.2) is 17.1 Å². The largest absolute Gasteiger partial charge is 0.493 e. The zero-order chi connectivity index (χ0) is 17.9. The number of benzene rings is 2. The number of hydrogen-bond donors (Lipinski definition) is 1. The molecule has 0 aliphatic heterocycles. The lowest BCUT2D eigenvalue weighted by molar-refractivity contribution is 0.355. The zero-order valence-electron chi connectivity index (χ0n) is 14.5. The topological polar surface area (TPSA) is 60.7 Å². The minimum absolute atomic E-state index is 0.669. The standard InChI is InChI=1S/C20H18N4O2/c1-25-17-9-8-14(12-18(17)26-2)16-13-21-24-11-10-19(23-20(16)24)22-15-6-4-3-5-7-15/h3-13H,1-2H3,(H,22,23). The molecule has 4 rings (SSSR count). The molecule has 0 atom stereocenters. The summed E-state index contributed by atoms with van der Waals surface area (Å²) in [5, 5.41) is 7.70. The summed E-state index contributed by atoms with van der Waals surface area (Å²) in [4.78, 5) is 4.72. The van der Waals surface area contributed by atoms with Crippen molar-refractivity contribution in [3.05, 3.63) is 67.0 Å². The Morgan fingerprint density at radius 3 is 2.50 bits per heavy atom. The number of nitrogens with zero attached hydrogens (tertiary/aromatic N) is 3. The Kier molecular flexibility index (Phi) is 4.15. The molecule has 2 aromatic heterocycles. The van der Waals surface area contributed by atoms with Crippen LogP contribution in [0.2, 0.25) is 0 Å². The second-order valence-corrected chi connectivity index (χ2v) is 5.70. The first-order valence-electron chi connectivity index (χ1n) is 8.17. The van der Waals surface area contributed by atoms with Crippen LogP contribution in [0, 0.1) is 0 Å². The molecule has 1 N–H and O–H groups in total. The molecule has 130 valence electrons. The molecule has 0 fully saturated rings. The molecule has 0 radical (unpaired) electrons. The molecule has 2 heterocycles. The van der Waals surface area contributed by atoms with E-state index >= 15 is 0 Å². The van der Waals surface area contributed by atoms with Crippen LogP contribution in [0.25, 0.3) is 16.8 Å². The zero-order valence-corrected chi connectivity index (χ0v) is 14.5. The van der Waals surface area contributed by atoms with Gasteiger partial charge in [-0.1, -0.05) is 24.3 Å². The summed E-state index contributed by atoms with van der Waals surface area (Å²) < 4.78 is 12.5. The minimum atomic E-state index is 0.669. The summed E-state index contributed by atoms with van der Waals surface area (Å²) in [5.41, 5.74) is 3.62. The lowest BCUT2D eigenvalue weighted by atomic mass is 10.1. The van der Waals surface area contributed by atoms with E-state index in [0.29, 0.717) is 11.5 Å². The van der Waals surface area contributed by atoms with Crippen molar-refractivity contribution in [3.8, 4) is 22.6 Å². The Morgan fingerprint density at radius 1 is 0.923 bits per heavy atom. The molecule has 26 heavy (non-hydrogen) atoms. The van der Waals surface area contributed by atoms with Gasteiger partial charge in [0, 0.05) is 17.4 Å². The van der Waals surface area contributed by atoms with Gasteiger partial charge in [-0.15, -0.1) is 0 Å². The SMILES string of the molecule is COc1ccc(-c2cnn3ccc(Nc4ccccc4)nc23)cc1OC. The second kappa shape index (κ2) is 6.76. The van der Waals surface area contributed by atoms with Crippen LogP contribution in [0.1, 0.15) is 0 Å². The van der Waals surface area contributed by atoms with Crippen molar-refractivity contribution in [1.82, 2.24) is 14.6 Å². The van der Waals surface area contributed by atoms with Crippen molar-refractivity contribution in [2.75, 3.05) is 19.5 Å². The van der Waals surface area contributed by atoms with Crippen LogP contribution in [-0.4, -0.2) is 28.8 Å². The molecule has 4 aromatic rings. The van der Waals surface area contributed by atoms with Crippen molar-refractivity contribution in [1.29, 1.82) is 0 Å². The lowest BCUT2D eigenvalue weighted by Gasteiger charge is -2.09. The number of methoxy groups -OCH3 is 2. The van der Waals surface area contributed by atoms with Gasteiger partial charge in [-0.25, -0.2) is 9.50 Å². The highest BCUT2D eigenvalue weighted by Gasteiger charge is 2.12. The summed E-state index contributed by atoms with van der Waals surface area (Å²) in [5.74, 6) is 2.11. The molecule has 0 aliphatic carbocycles. The Balaban J connectivity index is 1.75. The first kappa shape index (κ1) is 16.0.